The van der Waals surface area contributed by atoms with E-state index < -0.39 is 0 Å². The van der Waals surface area contributed by atoms with Gasteiger partial charge in [0.05, 0.1) is 12.1 Å². The number of hydroxylamine groups is 1. The second-order valence-corrected chi connectivity index (χ2v) is 15.0. The Labute approximate surface area is 265 Å². The second kappa shape index (κ2) is 14.3. The van der Waals surface area contributed by atoms with Crippen molar-refractivity contribution in [1.29, 1.82) is 0 Å². The predicted octanol–water partition coefficient (Wildman–Crippen LogP) is 6.99. The van der Waals surface area contributed by atoms with Crippen LogP contribution in [0.1, 0.15) is 159 Å². The van der Waals surface area contributed by atoms with Crippen LogP contribution in [0.15, 0.2) is 18.2 Å². The fraction of sp³-hybridized carbons (Fsp3) is 0.784. The highest BCUT2D eigenvalue weighted by molar-refractivity contribution is 5.85. The Balaban J connectivity index is 1.18. The summed E-state index contributed by atoms with van der Waals surface area (Å²) < 4.78 is 0. The van der Waals surface area contributed by atoms with Crippen molar-refractivity contribution in [3.63, 3.8) is 0 Å². The van der Waals surface area contributed by atoms with Gasteiger partial charge in [0.1, 0.15) is 17.7 Å². The Morgan fingerprint density at radius 2 is 1.59 bits per heavy atom. The van der Waals surface area contributed by atoms with Crippen molar-refractivity contribution < 1.29 is 14.4 Å². The monoisotopic (exact) mass is 606 g/mol. The number of benzene rings is 1. The van der Waals surface area contributed by atoms with Crippen LogP contribution in [-0.2, 0) is 26.5 Å². The molecule has 7 heteroatoms. The van der Waals surface area contributed by atoms with E-state index in [1.54, 1.807) is 6.92 Å². The first kappa shape index (κ1) is 32.2. The SMILES string of the molecule is CCC1NC(c2ccc3c(c2)CC[C@H]3NC(=O)C2CC(C(C)=O)CC3(CCCCCCCC3)N2)(C2CCCCCCC2)NO1. The van der Waals surface area contributed by atoms with Crippen LogP contribution in [0.25, 0.3) is 0 Å². The van der Waals surface area contributed by atoms with Crippen LogP contribution in [0.3, 0.4) is 0 Å². The van der Waals surface area contributed by atoms with Gasteiger partial charge in [-0.1, -0.05) is 95.8 Å². The maximum Gasteiger partial charge on any atom is 0.237 e. The number of rotatable bonds is 6. The molecule has 244 valence electrons. The van der Waals surface area contributed by atoms with Gasteiger partial charge in [-0.2, -0.15) is 5.48 Å². The summed E-state index contributed by atoms with van der Waals surface area (Å²) in [6.45, 7) is 3.90. The minimum absolute atomic E-state index is 0.00747. The highest BCUT2D eigenvalue weighted by Crippen LogP contribution is 2.42. The summed E-state index contributed by atoms with van der Waals surface area (Å²) in [6.07, 6.45) is 22.9. The second-order valence-electron chi connectivity index (χ2n) is 15.0. The molecule has 4 N–H and O–H groups in total. The van der Waals surface area contributed by atoms with Gasteiger partial charge in [0.15, 0.2) is 0 Å². The molecule has 7 nitrogen and oxygen atoms in total. The zero-order chi connectivity index (χ0) is 30.6. The lowest BCUT2D eigenvalue weighted by atomic mass is 9.72. The number of carbonyl (C=O) groups excluding carboxylic acids is 2. The van der Waals surface area contributed by atoms with E-state index in [1.165, 1.54) is 100 Å². The third kappa shape index (κ3) is 6.96. The van der Waals surface area contributed by atoms with Gasteiger partial charge in [-0.25, -0.2) is 0 Å². The summed E-state index contributed by atoms with van der Waals surface area (Å²) in [5.41, 5.74) is 6.92. The van der Waals surface area contributed by atoms with E-state index in [9.17, 15) is 9.59 Å². The molecule has 4 unspecified atom stereocenters. The summed E-state index contributed by atoms with van der Waals surface area (Å²) in [4.78, 5) is 32.7. The third-order valence-electron chi connectivity index (χ3n) is 11.9. The van der Waals surface area contributed by atoms with Gasteiger partial charge in [-0.05, 0) is 87.3 Å². The van der Waals surface area contributed by atoms with Crippen molar-refractivity contribution in [3.8, 4) is 0 Å². The predicted molar refractivity (Wildman–Crippen MR) is 175 cm³/mol. The zero-order valence-electron chi connectivity index (χ0n) is 27.5. The summed E-state index contributed by atoms with van der Waals surface area (Å²) >= 11 is 0. The van der Waals surface area contributed by atoms with E-state index in [4.69, 9.17) is 4.84 Å². The van der Waals surface area contributed by atoms with Gasteiger partial charge in [0, 0.05) is 11.5 Å². The number of piperidine rings is 1. The van der Waals surface area contributed by atoms with Gasteiger partial charge < -0.3 is 10.6 Å². The molecule has 2 saturated carbocycles. The lowest BCUT2D eigenvalue weighted by Crippen LogP contribution is -2.61. The molecule has 1 aromatic rings. The molecule has 2 saturated heterocycles. The number of hydrogen-bond donors (Lipinski definition) is 4. The minimum atomic E-state index is -0.368. The van der Waals surface area contributed by atoms with E-state index in [-0.39, 0.29) is 47.1 Å². The molecular formula is C37H58N4O3. The van der Waals surface area contributed by atoms with Crippen molar-refractivity contribution in [2.75, 3.05) is 0 Å². The summed E-state index contributed by atoms with van der Waals surface area (Å²) in [5, 5.41) is 11.2. The van der Waals surface area contributed by atoms with Crippen LogP contribution in [0.5, 0.6) is 0 Å². The highest BCUT2D eigenvalue weighted by atomic mass is 16.7. The molecule has 1 aromatic carbocycles. The molecule has 3 aliphatic carbocycles. The van der Waals surface area contributed by atoms with E-state index in [1.807, 2.05) is 0 Å². The molecule has 1 spiro atoms. The Morgan fingerprint density at radius 1 is 0.909 bits per heavy atom. The Kier molecular flexibility index (Phi) is 10.5. The van der Waals surface area contributed by atoms with Crippen LogP contribution < -0.4 is 21.4 Å². The van der Waals surface area contributed by atoms with Gasteiger partial charge in [-0.3, -0.25) is 19.7 Å². The Bertz CT molecular complexity index is 1140. The topological polar surface area (TPSA) is 91.5 Å². The van der Waals surface area contributed by atoms with Crippen LogP contribution in [0.2, 0.25) is 0 Å². The number of fused-ring (bicyclic) bond motifs is 1. The van der Waals surface area contributed by atoms with E-state index >= 15 is 0 Å². The first-order chi connectivity index (χ1) is 21.4. The van der Waals surface area contributed by atoms with Crippen LogP contribution >= 0.6 is 0 Å². The number of nitrogens with one attached hydrogen (secondary N) is 4. The highest BCUT2D eigenvalue weighted by Gasteiger charge is 2.47. The molecule has 2 heterocycles. The van der Waals surface area contributed by atoms with Crippen molar-refractivity contribution >= 4 is 11.7 Å². The fourth-order valence-corrected chi connectivity index (χ4v) is 9.33. The molecule has 0 bridgehead atoms. The maximum absolute atomic E-state index is 13.9. The molecule has 4 fully saturated rings. The first-order valence-corrected chi connectivity index (χ1v) is 18.3. The van der Waals surface area contributed by atoms with E-state index in [0.29, 0.717) is 12.3 Å². The molecule has 44 heavy (non-hydrogen) atoms. The fourth-order valence-electron chi connectivity index (χ4n) is 9.33. The minimum Gasteiger partial charge on any atom is -0.348 e. The standard InChI is InChI=1S/C37H58N4O3/c1-3-34-40-37(41-44-34,29-15-11-7-6-8-12-16-29)30-18-19-31-27(23-30)17-20-32(31)38-35(43)33-24-28(26(2)42)25-36(39-33)21-13-9-4-5-10-14-22-36/h18-19,23,28-29,32-34,39-41H,3-17,20-22,24-25H2,1-2H3,(H,38,43)/t28?,32-,33?,34?,37?/m1/s1. The molecule has 2 aliphatic heterocycles. The normalized spacial score (nSPS) is 33.4. The summed E-state index contributed by atoms with van der Waals surface area (Å²) in [5.74, 6) is 0.757. The number of amides is 1. The molecular weight excluding hydrogens is 548 g/mol. The summed E-state index contributed by atoms with van der Waals surface area (Å²) in [7, 11) is 0. The third-order valence-corrected chi connectivity index (χ3v) is 11.9. The quantitative estimate of drug-likeness (QED) is 0.279. The number of hydrogen-bond acceptors (Lipinski definition) is 6. The Hall–Kier alpha value is -1.80. The molecule has 6 rings (SSSR count). The summed E-state index contributed by atoms with van der Waals surface area (Å²) in [6, 6.07) is 6.64. The van der Waals surface area contributed by atoms with Gasteiger partial charge in [0.2, 0.25) is 5.91 Å². The van der Waals surface area contributed by atoms with Crippen molar-refractivity contribution in [1.82, 2.24) is 21.4 Å². The number of ketones is 1. The molecule has 0 aromatic heterocycles. The number of Topliss-reactive ketones (excluding diaryl/α,β-unsaturated/α-hetero) is 1. The van der Waals surface area contributed by atoms with Crippen molar-refractivity contribution in [2.45, 2.75) is 172 Å². The van der Waals surface area contributed by atoms with Crippen LogP contribution in [0, 0.1) is 11.8 Å². The number of aryl methyl sites for hydroxylation is 1. The van der Waals surface area contributed by atoms with Crippen molar-refractivity contribution in [3.05, 3.63) is 34.9 Å². The smallest absolute Gasteiger partial charge is 0.237 e. The zero-order valence-corrected chi connectivity index (χ0v) is 27.5. The van der Waals surface area contributed by atoms with Gasteiger partial charge in [0.25, 0.3) is 0 Å². The maximum atomic E-state index is 13.9. The van der Waals surface area contributed by atoms with Crippen LogP contribution in [0.4, 0.5) is 0 Å². The Morgan fingerprint density at radius 3 is 2.25 bits per heavy atom. The number of carbonyl (C=O) groups is 2. The van der Waals surface area contributed by atoms with Gasteiger partial charge >= 0.3 is 0 Å². The van der Waals surface area contributed by atoms with Crippen LogP contribution in [-0.4, -0.2) is 29.5 Å². The largest absolute Gasteiger partial charge is 0.348 e. The molecule has 5 atom stereocenters. The average molecular weight is 607 g/mol. The average Bonchev–Trinajstić information content (AvgIpc) is 3.65. The van der Waals surface area contributed by atoms with E-state index in [0.717, 1.165) is 38.5 Å². The lowest BCUT2D eigenvalue weighted by molar-refractivity contribution is -0.129. The molecule has 1 amide bonds. The van der Waals surface area contributed by atoms with Gasteiger partial charge in [-0.15, -0.1) is 0 Å². The first-order valence-electron chi connectivity index (χ1n) is 18.3. The van der Waals surface area contributed by atoms with E-state index in [2.05, 4.69) is 46.6 Å². The molecule has 5 aliphatic rings. The van der Waals surface area contributed by atoms with Crippen molar-refractivity contribution in [2.24, 2.45) is 11.8 Å². The molecule has 0 radical (unpaired) electrons. The lowest BCUT2D eigenvalue weighted by Gasteiger charge is -2.45.